The van der Waals surface area contributed by atoms with Gasteiger partial charge in [-0.1, -0.05) is 0 Å². The van der Waals surface area contributed by atoms with Crippen molar-refractivity contribution in [2.24, 2.45) is 0 Å². The van der Waals surface area contributed by atoms with Gasteiger partial charge >= 0.3 is 0 Å². The second kappa shape index (κ2) is 10.1. The summed E-state index contributed by atoms with van der Waals surface area (Å²) in [5.41, 5.74) is 3.20. The fourth-order valence-corrected chi connectivity index (χ4v) is 3.02. The summed E-state index contributed by atoms with van der Waals surface area (Å²) in [5.74, 6) is 0.877. The number of nitrogens with one attached hydrogen (secondary N) is 1. The lowest BCUT2D eigenvalue weighted by Gasteiger charge is -2.26. The smallest absolute Gasteiger partial charge is 0.151 e. The molecule has 0 saturated carbocycles. The molecule has 0 radical (unpaired) electrons. The minimum Gasteiger partial charge on any atom is -0.379 e. The Bertz CT molecular complexity index is 577. The number of ether oxygens (including phenoxy) is 1. The van der Waals surface area contributed by atoms with Gasteiger partial charge in [0, 0.05) is 37.1 Å². The van der Waals surface area contributed by atoms with Crippen LogP contribution in [0.25, 0.3) is 11.3 Å². The van der Waals surface area contributed by atoms with Gasteiger partial charge in [0.15, 0.2) is 5.82 Å². The first kappa shape index (κ1) is 20.1. The minimum atomic E-state index is 0. The molecule has 1 aliphatic heterocycles. The van der Waals surface area contributed by atoms with Crippen LogP contribution in [0.3, 0.4) is 0 Å². The van der Waals surface area contributed by atoms with Crippen molar-refractivity contribution in [3.05, 3.63) is 28.5 Å². The molecule has 1 aliphatic rings. The lowest BCUT2D eigenvalue weighted by atomic mass is 10.2. The maximum absolute atomic E-state index is 5.35. The molecule has 2 aromatic rings. The molecule has 1 saturated heterocycles. The molecule has 0 amide bonds. The molecule has 0 bridgehead atoms. The van der Waals surface area contributed by atoms with Gasteiger partial charge in [0.25, 0.3) is 0 Å². The fourth-order valence-electron chi connectivity index (χ4n) is 2.37. The van der Waals surface area contributed by atoms with Gasteiger partial charge in [-0.15, -0.1) is 35.0 Å². The monoisotopic (exact) mass is 376 g/mol. The summed E-state index contributed by atoms with van der Waals surface area (Å²) < 4.78 is 5.35. The van der Waals surface area contributed by atoms with Gasteiger partial charge in [-0.2, -0.15) is 11.3 Å². The summed E-state index contributed by atoms with van der Waals surface area (Å²) in [4.78, 5) is 2.40. The van der Waals surface area contributed by atoms with Crippen LogP contribution in [0.5, 0.6) is 0 Å². The number of anilines is 1. The second-order valence-electron chi connectivity index (χ2n) is 5.15. The molecule has 0 atom stereocenters. The molecule has 128 valence electrons. The van der Waals surface area contributed by atoms with Crippen LogP contribution in [0.15, 0.2) is 22.9 Å². The molecule has 5 nitrogen and oxygen atoms in total. The first-order valence-corrected chi connectivity index (χ1v) is 8.18. The van der Waals surface area contributed by atoms with Crippen LogP contribution in [0.1, 0.15) is 5.56 Å². The van der Waals surface area contributed by atoms with Gasteiger partial charge in [-0.25, -0.2) is 0 Å². The summed E-state index contributed by atoms with van der Waals surface area (Å²) in [7, 11) is 0. The van der Waals surface area contributed by atoms with E-state index in [0.29, 0.717) is 0 Å². The lowest BCUT2D eigenvalue weighted by Crippen LogP contribution is -2.39. The first-order chi connectivity index (χ1) is 10.3. The first-order valence-electron chi connectivity index (χ1n) is 7.24. The van der Waals surface area contributed by atoms with E-state index in [1.165, 1.54) is 0 Å². The van der Waals surface area contributed by atoms with E-state index < -0.39 is 0 Å². The number of aryl methyl sites for hydroxylation is 1. The Morgan fingerprint density at radius 3 is 2.70 bits per heavy atom. The third kappa shape index (κ3) is 5.58. The third-order valence-corrected chi connectivity index (χ3v) is 4.31. The zero-order valence-electron chi connectivity index (χ0n) is 13.0. The lowest BCUT2D eigenvalue weighted by molar-refractivity contribution is 0.0398. The van der Waals surface area contributed by atoms with E-state index in [9.17, 15) is 0 Å². The molecule has 8 heteroatoms. The Kier molecular flexibility index (Phi) is 8.79. The quantitative estimate of drug-likeness (QED) is 0.868. The molecular weight excluding hydrogens is 355 g/mol. The number of aromatic nitrogens is 2. The van der Waals surface area contributed by atoms with Gasteiger partial charge in [0.2, 0.25) is 0 Å². The normalized spacial score (nSPS) is 14.7. The van der Waals surface area contributed by atoms with E-state index in [1.807, 2.05) is 0 Å². The highest BCUT2D eigenvalue weighted by atomic mass is 35.5. The van der Waals surface area contributed by atoms with Crippen LogP contribution in [0.2, 0.25) is 0 Å². The van der Waals surface area contributed by atoms with Gasteiger partial charge in [-0.05, 0) is 30.0 Å². The number of halogens is 2. The van der Waals surface area contributed by atoms with Crippen LogP contribution in [-0.4, -0.2) is 54.5 Å². The van der Waals surface area contributed by atoms with Crippen LogP contribution in [-0.2, 0) is 4.74 Å². The van der Waals surface area contributed by atoms with Crippen molar-refractivity contribution in [3.63, 3.8) is 0 Å². The Balaban J connectivity index is 0.00000132. The molecule has 0 spiro atoms. The highest BCUT2D eigenvalue weighted by molar-refractivity contribution is 7.08. The van der Waals surface area contributed by atoms with Crippen LogP contribution in [0, 0.1) is 6.92 Å². The third-order valence-electron chi connectivity index (χ3n) is 3.63. The molecule has 1 fully saturated rings. The van der Waals surface area contributed by atoms with Gasteiger partial charge in [0.1, 0.15) is 0 Å². The van der Waals surface area contributed by atoms with E-state index in [-0.39, 0.29) is 24.8 Å². The summed E-state index contributed by atoms with van der Waals surface area (Å²) in [6.45, 7) is 7.68. The molecule has 2 aromatic heterocycles. The van der Waals surface area contributed by atoms with Crippen molar-refractivity contribution in [1.82, 2.24) is 15.1 Å². The van der Waals surface area contributed by atoms with Crippen molar-refractivity contribution in [1.29, 1.82) is 0 Å². The molecule has 3 heterocycles. The Hall–Kier alpha value is -0.920. The summed E-state index contributed by atoms with van der Waals surface area (Å²) in [5, 5.41) is 16.2. The molecule has 23 heavy (non-hydrogen) atoms. The minimum absolute atomic E-state index is 0. The predicted molar refractivity (Wildman–Crippen MR) is 100 cm³/mol. The molecule has 1 N–H and O–H groups in total. The maximum Gasteiger partial charge on any atom is 0.151 e. The number of thiophene rings is 1. The number of hydrogen-bond donors (Lipinski definition) is 1. The molecule has 0 aliphatic carbocycles. The van der Waals surface area contributed by atoms with Gasteiger partial charge in [0.05, 0.1) is 18.9 Å². The van der Waals surface area contributed by atoms with E-state index in [4.69, 9.17) is 4.74 Å². The SMILES string of the molecule is Cc1cc(-c2ccsc2)nnc1NCCN1CCOCC1.Cl.Cl. The molecular formula is C15H22Cl2N4OS. The van der Waals surface area contributed by atoms with Gasteiger partial charge in [-0.3, -0.25) is 4.90 Å². The van der Waals surface area contributed by atoms with Crippen molar-refractivity contribution in [3.8, 4) is 11.3 Å². The number of rotatable bonds is 5. The van der Waals surface area contributed by atoms with Crippen molar-refractivity contribution >= 4 is 42.0 Å². The topological polar surface area (TPSA) is 50.3 Å². The predicted octanol–water partition coefficient (Wildman–Crippen LogP) is 3.10. The van der Waals surface area contributed by atoms with Gasteiger partial charge < -0.3 is 10.1 Å². The zero-order chi connectivity index (χ0) is 14.5. The Morgan fingerprint density at radius 2 is 2.04 bits per heavy atom. The van der Waals surface area contributed by atoms with E-state index in [2.05, 4.69) is 50.2 Å². The summed E-state index contributed by atoms with van der Waals surface area (Å²) in [6, 6.07) is 4.16. The average Bonchev–Trinajstić information content (AvgIpc) is 3.04. The van der Waals surface area contributed by atoms with Crippen molar-refractivity contribution in [2.45, 2.75) is 6.92 Å². The van der Waals surface area contributed by atoms with Crippen molar-refractivity contribution < 1.29 is 4.74 Å². The largest absolute Gasteiger partial charge is 0.379 e. The highest BCUT2D eigenvalue weighted by Crippen LogP contribution is 2.22. The van der Waals surface area contributed by atoms with Crippen LogP contribution in [0.4, 0.5) is 5.82 Å². The maximum atomic E-state index is 5.35. The number of morpholine rings is 1. The van der Waals surface area contributed by atoms with Crippen molar-refractivity contribution in [2.75, 3.05) is 44.7 Å². The fraction of sp³-hybridized carbons (Fsp3) is 0.467. The second-order valence-corrected chi connectivity index (χ2v) is 5.93. The molecule has 0 aromatic carbocycles. The molecule has 0 unspecified atom stereocenters. The Morgan fingerprint density at radius 1 is 1.26 bits per heavy atom. The number of hydrogen-bond acceptors (Lipinski definition) is 6. The van der Waals surface area contributed by atoms with E-state index >= 15 is 0 Å². The zero-order valence-corrected chi connectivity index (χ0v) is 15.5. The summed E-state index contributed by atoms with van der Waals surface area (Å²) in [6.07, 6.45) is 0. The number of nitrogens with zero attached hydrogens (tertiary/aromatic N) is 3. The molecule has 3 rings (SSSR count). The standard InChI is InChI=1S/C15H20N4OS.2ClH/c1-12-10-14(13-2-9-21-11-13)17-18-15(12)16-3-4-19-5-7-20-8-6-19;;/h2,9-11H,3-8H2,1H3,(H,16,18);2*1H. The summed E-state index contributed by atoms with van der Waals surface area (Å²) >= 11 is 1.68. The van der Waals surface area contributed by atoms with E-state index in [1.54, 1.807) is 11.3 Å². The van der Waals surface area contributed by atoms with Crippen LogP contribution < -0.4 is 5.32 Å². The Labute approximate surface area is 153 Å². The van der Waals surface area contributed by atoms with E-state index in [0.717, 1.165) is 62.0 Å². The highest BCUT2D eigenvalue weighted by Gasteiger charge is 2.10. The average molecular weight is 377 g/mol. The van der Waals surface area contributed by atoms with Crippen LogP contribution >= 0.6 is 36.2 Å².